The molecule has 1 fully saturated rings. The molecule has 3 aromatic rings. The van der Waals surface area contributed by atoms with Crippen LogP contribution < -0.4 is 11.0 Å². The van der Waals surface area contributed by atoms with Crippen molar-refractivity contribution in [1.29, 1.82) is 0 Å². The third-order valence-corrected chi connectivity index (χ3v) is 7.78. The Morgan fingerprint density at radius 3 is 2.51 bits per heavy atom. The number of sulfone groups is 1. The van der Waals surface area contributed by atoms with E-state index in [-0.39, 0.29) is 35.0 Å². The lowest BCUT2D eigenvalue weighted by Crippen LogP contribution is -2.39. The predicted octanol–water partition coefficient (Wildman–Crippen LogP) is 1.48. The van der Waals surface area contributed by atoms with E-state index in [2.05, 4.69) is 9.88 Å². The summed E-state index contributed by atoms with van der Waals surface area (Å²) in [6.45, 7) is 3.05. The van der Waals surface area contributed by atoms with E-state index in [9.17, 15) is 22.4 Å². The zero-order chi connectivity index (χ0) is 26.7. The van der Waals surface area contributed by atoms with Gasteiger partial charge in [0.05, 0.1) is 30.4 Å². The van der Waals surface area contributed by atoms with Crippen molar-refractivity contribution in [3.63, 3.8) is 0 Å². The first-order chi connectivity index (χ1) is 17.6. The minimum atomic E-state index is -3.87. The molecule has 1 aliphatic rings. The third kappa shape index (κ3) is 6.01. The average molecular weight is 537 g/mol. The van der Waals surface area contributed by atoms with E-state index in [4.69, 9.17) is 9.94 Å². The van der Waals surface area contributed by atoms with Crippen molar-refractivity contribution in [2.75, 3.05) is 32.6 Å². The highest BCUT2D eigenvalue weighted by molar-refractivity contribution is 7.92. The second-order valence-corrected chi connectivity index (χ2v) is 11.1. The Morgan fingerprint density at radius 2 is 1.86 bits per heavy atom. The van der Waals surface area contributed by atoms with E-state index in [1.54, 1.807) is 6.07 Å². The predicted molar refractivity (Wildman–Crippen MR) is 131 cm³/mol. The van der Waals surface area contributed by atoms with Gasteiger partial charge in [-0.15, -0.1) is 0 Å². The summed E-state index contributed by atoms with van der Waals surface area (Å²) >= 11 is 0. The maximum absolute atomic E-state index is 15.1. The van der Waals surface area contributed by atoms with Crippen LogP contribution in [-0.2, 0) is 32.5 Å². The Balaban J connectivity index is 1.60. The van der Waals surface area contributed by atoms with Crippen LogP contribution in [0.3, 0.4) is 0 Å². The van der Waals surface area contributed by atoms with Crippen molar-refractivity contribution >= 4 is 26.6 Å². The second kappa shape index (κ2) is 11.0. The lowest BCUT2D eigenvalue weighted by Gasteiger charge is -2.26. The molecule has 1 aromatic heterocycles. The fraction of sp³-hybridized carbons (Fsp3) is 0.375. The normalized spacial score (nSPS) is 15.6. The van der Waals surface area contributed by atoms with Crippen molar-refractivity contribution in [3.05, 3.63) is 64.2 Å². The highest BCUT2D eigenvalue weighted by atomic mass is 32.2. The van der Waals surface area contributed by atoms with Crippen molar-refractivity contribution in [2.45, 2.75) is 24.8 Å². The minimum Gasteiger partial charge on any atom is -0.379 e. The summed E-state index contributed by atoms with van der Waals surface area (Å²) in [5, 5.41) is 7.12. The summed E-state index contributed by atoms with van der Waals surface area (Å²) in [6.07, 6.45) is 1.66. The lowest BCUT2D eigenvalue weighted by atomic mass is 10.0. The molecule has 0 radical (unpaired) electrons. The number of nitrogens with one attached hydrogen (secondary N) is 1. The Labute approximate surface area is 211 Å². The number of rotatable bonds is 8. The Morgan fingerprint density at radius 1 is 1.16 bits per heavy atom. The van der Waals surface area contributed by atoms with Crippen LogP contribution >= 0.6 is 0 Å². The molecule has 0 unspecified atom stereocenters. The van der Waals surface area contributed by atoms with Gasteiger partial charge in [0.25, 0.3) is 11.5 Å². The molecule has 1 amide bonds. The standard InChI is InChI=1S/C24H26F2N4O6S/c1-37(34,35)22(23(31)28-33)4-5-30-14-27-21-12-17(20(26)11-18(21)24(30)32)16-3-2-15(10-19(16)25)13-29-6-8-36-9-7-29/h2-3,10-12,14,22,33H,4-9,13H2,1H3,(H,28,31)/t22-/m1/s1. The number of amides is 1. The number of carbonyl (C=O) groups excluding carboxylic acids is 1. The van der Waals surface area contributed by atoms with Gasteiger partial charge in [-0.3, -0.25) is 24.3 Å². The number of carbonyl (C=O) groups is 1. The Bertz CT molecular complexity index is 1490. The van der Waals surface area contributed by atoms with Gasteiger partial charge in [0.2, 0.25) is 0 Å². The highest BCUT2D eigenvalue weighted by Gasteiger charge is 2.28. The molecule has 4 rings (SSSR count). The van der Waals surface area contributed by atoms with Crippen LogP contribution in [0.1, 0.15) is 12.0 Å². The number of benzene rings is 2. The van der Waals surface area contributed by atoms with Gasteiger partial charge in [-0.1, -0.05) is 12.1 Å². The van der Waals surface area contributed by atoms with E-state index >= 15 is 4.39 Å². The van der Waals surface area contributed by atoms with Crippen LogP contribution in [0, 0.1) is 11.6 Å². The molecule has 198 valence electrons. The molecule has 1 atom stereocenters. The zero-order valence-corrected chi connectivity index (χ0v) is 20.8. The fourth-order valence-electron chi connectivity index (χ4n) is 4.31. The van der Waals surface area contributed by atoms with E-state index in [1.165, 1.54) is 23.7 Å². The first-order valence-corrected chi connectivity index (χ1v) is 13.4. The number of morpholine rings is 1. The number of hydroxylamine groups is 1. The van der Waals surface area contributed by atoms with E-state index in [1.807, 2.05) is 0 Å². The first kappa shape index (κ1) is 26.8. The highest BCUT2D eigenvalue weighted by Crippen LogP contribution is 2.29. The van der Waals surface area contributed by atoms with Gasteiger partial charge < -0.3 is 4.74 Å². The summed E-state index contributed by atoms with van der Waals surface area (Å²) in [5.41, 5.74) is 1.49. The molecular weight excluding hydrogens is 510 g/mol. The number of hydrogen-bond donors (Lipinski definition) is 2. The van der Waals surface area contributed by atoms with Crippen molar-refractivity contribution in [1.82, 2.24) is 19.9 Å². The maximum atomic E-state index is 15.1. The molecule has 37 heavy (non-hydrogen) atoms. The summed E-state index contributed by atoms with van der Waals surface area (Å²) in [4.78, 5) is 30.9. The van der Waals surface area contributed by atoms with E-state index in [0.29, 0.717) is 19.8 Å². The van der Waals surface area contributed by atoms with Crippen LogP contribution in [0.15, 0.2) is 41.5 Å². The molecule has 13 heteroatoms. The maximum Gasteiger partial charge on any atom is 0.261 e. The Kier molecular flexibility index (Phi) is 7.97. The molecular formula is C24H26F2N4O6S. The number of halogens is 2. The Hall–Kier alpha value is -3.26. The van der Waals surface area contributed by atoms with Gasteiger partial charge in [0, 0.05) is 43.6 Å². The zero-order valence-electron chi connectivity index (χ0n) is 20.0. The number of fused-ring (bicyclic) bond motifs is 1. The fourth-order valence-corrected chi connectivity index (χ4v) is 5.28. The monoisotopic (exact) mass is 536 g/mol. The number of hydrogen-bond acceptors (Lipinski definition) is 8. The van der Waals surface area contributed by atoms with Crippen molar-refractivity contribution in [3.8, 4) is 11.1 Å². The van der Waals surface area contributed by atoms with Gasteiger partial charge in [0.1, 0.15) is 16.9 Å². The number of nitrogens with zero attached hydrogens (tertiary/aromatic N) is 3. The van der Waals surface area contributed by atoms with Gasteiger partial charge in [-0.25, -0.2) is 27.7 Å². The van der Waals surface area contributed by atoms with Gasteiger partial charge >= 0.3 is 0 Å². The lowest BCUT2D eigenvalue weighted by molar-refractivity contribution is -0.128. The van der Waals surface area contributed by atoms with Crippen molar-refractivity contribution < 1.29 is 31.9 Å². The molecule has 0 spiro atoms. The molecule has 0 saturated carbocycles. The molecule has 0 bridgehead atoms. The molecule has 2 heterocycles. The van der Waals surface area contributed by atoms with Gasteiger partial charge in [-0.2, -0.15) is 0 Å². The molecule has 2 aromatic carbocycles. The number of ether oxygens (including phenoxy) is 1. The van der Waals surface area contributed by atoms with E-state index < -0.39 is 38.2 Å². The third-order valence-electron chi connectivity index (χ3n) is 6.30. The molecule has 1 aliphatic heterocycles. The SMILES string of the molecule is CS(=O)(=O)[C@H](CCn1cnc2cc(-c3ccc(CN4CCOCC4)cc3F)c(F)cc2c1=O)C(=O)NO. The molecule has 1 saturated heterocycles. The topological polar surface area (TPSA) is 131 Å². The molecule has 2 N–H and O–H groups in total. The van der Waals surface area contributed by atoms with E-state index in [0.717, 1.165) is 41.9 Å². The second-order valence-electron chi connectivity index (χ2n) is 8.88. The smallest absolute Gasteiger partial charge is 0.261 e. The van der Waals surface area contributed by atoms with Crippen LogP contribution in [0.4, 0.5) is 8.78 Å². The van der Waals surface area contributed by atoms with Gasteiger partial charge in [-0.05, 0) is 30.2 Å². The number of aromatic nitrogens is 2. The summed E-state index contributed by atoms with van der Waals surface area (Å²) in [5.74, 6) is -2.55. The van der Waals surface area contributed by atoms with Crippen LogP contribution in [0.2, 0.25) is 0 Å². The summed E-state index contributed by atoms with van der Waals surface area (Å²) in [7, 11) is -3.87. The largest absolute Gasteiger partial charge is 0.379 e. The number of aryl methyl sites for hydroxylation is 1. The van der Waals surface area contributed by atoms with Crippen LogP contribution in [-0.4, -0.2) is 71.8 Å². The minimum absolute atomic E-state index is 0.0297. The average Bonchev–Trinajstić information content (AvgIpc) is 2.85. The van der Waals surface area contributed by atoms with Crippen LogP contribution in [0.5, 0.6) is 0 Å². The quantitative estimate of drug-likeness (QED) is 0.327. The van der Waals surface area contributed by atoms with Crippen LogP contribution in [0.25, 0.3) is 22.0 Å². The van der Waals surface area contributed by atoms with Crippen molar-refractivity contribution in [2.24, 2.45) is 0 Å². The summed E-state index contributed by atoms with van der Waals surface area (Å²) < 4.78 is 60.1. The van der Waals surface area contributed by atoms with Gasteiger partial charge in [0.15, 0.2) is 9.84 Å². The first-order valence-electron chi connectivity index (χ1n) is 11.5. The summed E-state index contributed by atoms with van der Waals surface area (Å²) in [6, 6.07) is 6.83. The molecule has 0 aliphatic carbocycles. The molecule has 10 nitrogen and oxygen atoms in total.